The van der Waals surface area contributed by atoms with Crippen LogP contribution < -0.4 is 32.3 Å². The van der Waals surface area contributed by atoms with E-state index in [1.54, 1.807) is 38.7 Å². The van der Waals surface area contributed by atoms with Crippen LogP contribution in [0.15, 0.2) is 83.0 Å². The number of halogens is 4. The van der Waals surface area contributed by atoms with Gasteiger partial charge in [0.05, 0.1) is 57.1 Å². The first-order valence-corrected chi connectivity index (χ1v) is 23.9. The number of aliphatic imine (C=N–C) groups is 2. The highest BCUT2D eigenvalue weighted by atomic mass is 35.5. The van der Waals surface area contributed by atoms with Crippen molar-refractivity contribution in [1.82, 2.24) is 14.9 Å². The smallest absolute Gasteiger partial charge is 0.404 e. The molecule has 16 nitrogen and oxygen atoms in total. The predicted molar refractivity (Wildman–Crippen MR) is 285 cm³/mol. The maximum atomic E-state index is 13.1. The lowest BCUT2D eigenvalue weighted by Crippen LogP contribution is -2.52. The van der Waals surface area contributed by atoms with Gasteiger partial charge in [-0.05, 0) is 122 Å². The Bertz CT molecular complexity index is 2530. The molecule has 2 aromatic heterocycles. The van der Waals surface area contributed by atoms with Crippen molar-refractivity contribution in [2.75, 3.05) is 114 Å². The molecule has 4 aromatic rings. The SMILES string of the molecule is CN=CC(=CN)c1cc(-c2cc(N)ccc2C)cc(N2CCOCC2)n1.CN=CC(=CN)c1cc(-c2cc(NC(=O)N3CCO[C@@H](C(F)(F)F)C3)ccc2C)cc(N2CCOCC2)n1.C[C@H]1CCCCO1.Cl. The maximum absolute atomic E-state index is 13.1. The quantitative estimate of drug-likeness (QED) is 0.0927. The average molecular weight is 1020 g/mol. The molecule has 0 unspecified atom stereocenters. The van der Waals surface area contributed by atoms with Crippen molar-refractivity contribution in [2.24, 2.45) is 21.5 Å². The van der Waals surface area contributed by atoms with E-state index in [1.807, 2.05) is 49.4 Å². The summed E-state index contributed by atoms with van der Waals surface area (Å²) in [4.78, 5) is 36.1. The van der Waals surface area contributed by atoms with Crippen LogP contribution in [0, 0.1) is 13.8 Å². The first-order chi connectivity index (χ1) is 34.2. The minimum atomic E-state index is -4.54. The van der Waals surface area contributed by atoms with Gasteiger partial charge in [-0.3, -0.25) is 9.98 Å². The summed E-state index contributed by atoms with van der Waals surface area (Å²) < 4.78 is 60.3. The third-order valence-corrected chi connectivity index (χ3v) is 12.3. The molecular weight excluding hydrogens is 951 g/mol. The standard InChI is InChI=1S/C26H31F3N6O3.C20H25N5O.C6H12O.ClH/c1-17-3-4-20(32-25(36)35-7-10-38-23(16-35)26(27,28)29)13-21(17)18-11-22(19(14-30)15-31-2)33-24(12-18)34-5-8-37-9-6-34;1-14-3-4-17(22)11-18(14)15-9-19(16(12-21)13-23-2)24-20(10-15)25-5-7-26-8-6-25;1-6-4-2-3-5-7-6;/h3-4,11-15,23H,5-10,16,30H2,1-2H3,(H,32,36);3-4,9-13H,5-8,21-22H2,1-2H3;6H,2-5H2,1H3;1H/t23-;;6-;/m1.0./s1. The van der Waals surface area contributed by atoms with Crippen LogP contribution >= 0.6 is 12.4 Å². The number of hydrogen-bond donors (Lipinski definition) is 4. The molecule has 2 atom stereocenters. The number of aromatic nitrogens is 2. The molecule has 0 spiro atoms. The highest BCUT2D eigenvalue weighted by Crippen LogP contribution is 2.34. The van der Waals surface area contributed by atoms with Gasteiger partial charge in [0.1, 0.15) is 11.6 Å². The number of allylic oxidation sites excluding steroid dienone is 2. The van der Waals surface area contributed by atoms with E-state index in [0.29, 0.717) is 62.6 Å². The van der Waals surface area contributed by atoms with Crippen LogP contribution in [-0.4, -0.2) is 145 Å². The molecule has 4 fully saturated rings. The predicted octanol–water partition coefficient (Wildman–Crippen LogP) is 8.16. The lowest BCUT2D eigenvalue weighted by Gasteiger charge is -2.33. The van der Waals surface area contributed by atoms with Gasteiger partial charge >= 0.3 is 12.2 Å². The van der Waals surface area contributed by atoms with E-state index < -0.39 is 24.9 Å². The number of hydrogen-bond acceptors (Lipinski definition) is 14. The molecule has 20 heteroatoms. The Hall–Kier alpha value is -6.25. The molecule has 0 aliphatic carbocycles. The molecule has 8 rings (SSSR count). The van der Waals surface area contributed by atoms with Crippen molar-refractivity contribution in [3.8, 4) is 22.3 Å². The molecule has 4 saturated heterocycles. The third-order valence-electron chi connectivity index (χ3n) is 12.3. The van der Waals surface area contributed by atoms with Crippen molar-refractivity contribution in [1.29, 1.82) is 0 Å². The number of nitrogens with zero attached hydrogens (tertiary/aromatic N) is 7. The zero-order valence-corrected chi connectivity index (χ0v) is 42.6. The third kappa shape index (κ3) is 15.9. The molecule has 4 aliphatic heterocycles. The maximum Gasteiger partial charge on any atom is 0.416 e. The van der Waals surface area contributed by atoms with Crippen molar-refractivity contribution in [3.63, 3.8) is 0 Å². The number of urea groups is 1. The van der Waals surface area contributed by atoms with Gasteiger partial charge in [0.15, 0.2) is 6.10 Å². The number of nitrogens with two attached hydrogens (primary N) is 3. The van der Waals surface area contributed by atoms with E-state index in [1.165, 1.54) is 31.7 Å². The Morgan fingerprint density at radius 3 is 1.71 bits per heavy atom. The number of ether oxygens (including phenoxy) is 4. The highest BCUT2D eigenvalue weighted by molar-refractivity contribution is 6.10. The number of amides is 2. The van der Waals surface area contributed by atoms with E-state index >= 15 is 0 Å². The molecule has 390 valence electrons. The lowest BCUT2D eigenvalue weighted by atomic mass is 9.98. The molecule has 0 radical (unpaired) electrons. The number of pyridine rings is 2. The molecule has 0 bridgehead atoms. The number of benzene rings is 2. The number of aryl methyl sites for hydroxylation is 2. The number of alkyl halides is 3. The molecule has 0 saturated carbocycles. The first-order valence-electron chi connectivity index (χ1n) is 23.9. The van der Waals surface area contributed by atoms with Crippen molar-refractivity contribution in [3.05, 3.63) is 95.6 Å². The second-order valence-electron chi connectivity index (χ2n) is 17.5. The Kier molecular flexibility index (Phi) is 21.7. The summed E-state index contributed by atoms with van der Waals surface area (Å²) in [6.07, 6.45) is 4.24. The molecule has 4 aliphatic rings. The Labute approximate surface area is 427 Å². The molecule has 6 heterocycles. The van der Waals surface area contributed by atoms with Crippen LogP contribution in [0.5, 0.6) is 0 Å². The summed E-state index contributed by atoms with van der Waals surface area (Å²) in [6, 6.07) is 18.7. The van der Waals surface area contributed by atoms with E-state index in [0.717, 1.165) is 86.6 Å². The number of carbonyl (C=O) groups excluding carboxylic acids is 1. The minimum absolute atomic E-state index is 0. The zero-order chi connectivity index (χ0) is 50.9. The molecule has 72 heavy (non-hydrogen) atoms. The fraction of sp³-hybridized carbons (Fsp3) is 0.442. The average Bonchev–Trinajstić information content (AvgIpc) is 3.39. The summed E-state index contributed by atoms with van der Waals surface area (Å²) in [5, 5.41) is 2.74. The van der Waals surface area contributed by atoms with Gasteiger partial charge in [0.25, 0.3) is 0 Å². The molecule has 2 aromatic carbocycles. The fourth-order valence-electron chi connectivity index (χ4n) is 8.31. The summed E-state index contributed by atoms with van der Waals surface area (Å²) in [5.41, 5.74) is 27.7. The van der Waals surface area contributed by atoms with Gasteiger partial charge in [-0.25, -0.2) is 14.8 Å². The van der Waals surface area contributed by atoms with E-state index in [2.05, 4.69) is 45.0 Å². The van der Waals surface area contributed by atoms with Crippen molar-refractivity contribution >= 4 is 65.0 Å². The number of nitrogens with one attached hydrogen (secondary N) is 1. The number of carbonyl (C=O) groups is 1. The Morgan fingerprint density at radius 2 is 1.25 bits per heavy atom. The lowest BCUT2D eigenvalue weighted by molar-refractivity contribution is -0.233. The van der Waals surface area contributed by atoms with Gasteiger partial charge in [-0.15, -0.1) is 12.4 Å². The molecule has 2 amide bonds. The van der Waals surface area contributed by atoms with Gasteiger partial charge in [0, 0.05) is 101 Å². The van der Waals surface area contributed by atoms with Crippen LogP contribution in [-0.2, 0) is 18.9 Å². The summed E-state index contributed by atoms with van der Waals surface area (Å²) in [6.45, 7) is 12.1. The second-order valence-corrected chi connectivity index (χ2v) is 17.5. The van der Waals surface area contributed by atoms with Gasteiger partial charge in [0.2, 0.25) is 0 Å². The summed E-state index contributed by atoms with van der Waals surface area (Å²) in [7, 11) is 3.37. The largest absolute Gasteiger partial charge is 0.416 e. The monoisotopic (exact) mass is 1020 g/mol. The van der Waals surface area contributed by atoms with Crippen LogP contribution in [0.4, 0.5) is 41.0 Å². The van der Waals surface area contributed by atoms with Crippen LogP contribution in [0.1, 0.15) is 48.7 Å². The van der Waals surface area contributed by atoms with Crippen LogP contribution in [0.25, 0.3) is 33.4 Å². The summed E-state index contributed by atoms with van der Waals surface area (Å²) >= 11 is 0. The zero-order valence-electron chi connectivity index (χ0n) is 41.8. The number of nitrogen functional groups attached to an aromatic ring is 1. The number of rotatable bonds is 9. The molecular formula is C52H69ClF3N11O5. The van der Waals surface area contributed by atoms with E-state index in [4.69, 9.17) is 46.1 Å². The van der Waals surface area contributed by atoms with Crippen LogP contribution in [0.3, 0.4) is 0 Å². The van der Waals surface area contributed by atoms with E-state index in [-0.39, 0.29) is 25.6 Å². The summed E-state index contributed by atoms with van der Waals surface area (Å²) in [5.74, 6) is 1.66. The normalized spacial score (nSPS) is 19.0. The van der Waals surface area contributed by atoms with Crippen molar-refractivity contribution in [2.45, 2.75) is 58.4 Å². The van der Waals surface area contributed by atoms with Gasteiger partial charge < -0.3 is 56.2 Å². The van der Waals surface area contributed by atoms with Crippen molar-refractivity contribution < 1.29 is 36.9 Å². The van der Waals surface area contributed by atoms with Gasteiger partial charge in [-0.2, -0.15) is 13.2 Å². The highest BCUT2D eigenvalue weighted by Gasteiger charge is 2.44. The number of anilines is 4. The Balaban J connectivity index is 0.000000243. The van der Waals surface area contributed by atoms with E-state index in [9.17, 15) is 18.0 Å². The fourth-order valence-corrected chi connectivity index (χ4v) is 8.31. The van der Waals surface area contributed by atoms with Gasteiger partial charge in [-0.1, -0.05) is 12.1 Å². The molecule has 7 N–H and O–H groups in total. The number of morpholine rings is 3. The first kappa shape index (κ1) is 56.7. The van der Waals surface area contributed by atoms with Crippen LogP contribution in [0.2, 0.25) is 0 Å². The second kappa shape index (κ2) is 27.5. The Morgan fingerprint density at radius 1 is 0.722 bits per heavy atom. The minimum Gasteiger partial charge on any atom is -0.404 e. The topological polar surface area (TPSA) is 204 Å².